The van der Waals surface area contributed by atoms with Gasteiger partial charge in [0, 0.05) is 6.54 Å². The van der Waals surface area contributed by atoms with E-state index in [1.807, 2.05) is 27.0 Å². The maximum absolute atomic E-state index is 12.2. The first-order valence-electron chi connectivity index (χ1n) is 6.25. The highest BCUT2D eigenvalue weighted by atomic mass is 16.2. The summed E-state index contributed by atoms with van der Waals surface area (Å²) in [4.78, 5) is 14.0. The molecule has 0 fully saturated rings. The van der Waals surface area contributed by atoms with Crippen molar-refractivity contribution in [2.75, 3.05) is 30.4 Å². The first-order chi connectivity index (χ1) is 8.99. The normalized spacial score (nSPS) is 14.6. The van der Waals surface area contributed by atoms with E-state index in [0.29, 0.717) is 12.1 Å². The molecule has 0 atom stereocenters. The SMILES string of the molecule is CNCC(C)(C)N1C(=O)CNc2ccc(C#N)cc21. The van der Waals surface area contributed by atoms with Gasteiger partial charge >= 0.3 is 0 Å². The largest absolute Gasteiger partial charge is 0.374 e. The Kier molecular flexibility index (Phi) is 3.45. The molecule has 1 aromatic rings. The van der Waals surface area contributed by atoms with E-state index in [2.05, 4.69) is 16.7 Å². The molecule has 1 aliphatic heterocycles. The summed E-state index contributed by atoms with van der Waals surface area (Å²) < 4.78 is 0. The molecule has 5 heteroatoms. The fraction of sp³-hybridized carbons (Fsp3) is 0.429. The standard InChI is InChI=1S/C14H18N4O/c1-14(2,9-16-3)18-12-6-10(7-15)4-5-11(12)17-8-13(18)19/h4-6,16-17H,8-9H2,1-3H3. The second kappa shape index (κ2) is 4.90. The number of fused-ring (bicyclic) bond motifs is 1. The van der Waals surface area contributed by atoms with Crippen molar-refractivity contribution < 1.29 is 4.79 Å². The van der Waals surface area contributed by atoms with Gasteiger partial charge in [0.05, 0.1) is 35.1 Å². The summed E-state index contributed by atoms with van der Waals surface area (Å²) in [7, 11) is 1.86. The van der Waals surface area contributed by atoms with Crippen LogP contribution in [0.5, 0.6) is 0 Å². The van der Waals surface area contributed by atoms with Gasteiger partial charge in [-0.1, -0.05) is 0 Å². The minimum Gasteiger partial charge on any atom is -0.374 e. The summed E-state index contributed by atoms with van der Waals surface area (Å²) in [5.74, 6) is 0.0165. The van der Waals surface area contributed by atoms with Crippen LogP contribution in [-0.2, 0) is 4.79 Å². The summed E-state index contributed by atoms with van der Waals surface area (Å²) >= 11 is 0. The minimum absolute atomic E-state index is 0.0165. The van der Waals surface area contributed by atoms with Crippen LogP contribution in [0.2, 0.25) is 0 Å². The van der Waals surface area contributed by atoms with Crippen LogP contribution < -0.4 is 15.5 Å². The van der Waals surface area contributed by atoms with Crippen LogP contribution in [0.1, 0.15) is 19.4 Å². The van der Waals surface area contributed by atoms with E-state index in [1.54, 1.807) is 17.0 Å². The molecule has 0 spiro atoms. The Morgan fingerprint density at radius 1 is 1.53 bits per heavy atom. The highest BCUT2D eigenvalue weighted by Gasteiger charge is 2.35. The zero-order chi connectivity index (χ0) is 14.0. The lowest BCUT2D eigenvalue weighted by Gasteiger charge is -2.42. The van der Waals surface area contributed by atoms with Gasteiger partial charge in [-0.25, -0.2) is 0 Å². The van der Waals surface area contributed by atoms with Crippen LogP contribution in [0, 0.1) is 11.3 Å². The lowest BCUT2D eigenvalue weighted by atomic mass is 9.98. The van der Waals surface area contributed by atoms with Crippen molar-refractivity contribution in [1.82, 2.24) is 5.32 Å². The average Bonchev–Trinajstić information content (AvgIpc) is 2.37. The van der Waals surface area contributed by atoms with Gasteiger partial charge in [-0.3, -0.25) is 4.79 Å². The Morgan fingerprint density at radius 3 is 2.89 bits per heavy atom. The smallest absolute Gasteiger partial charge is 0.246 e. The van der Waals surface area contributed by atoms with Crippen LogP contribution >= 0.6 is 0 Å². The number of hydrogen-bond acceptors (Lipinski definition) is 4. The molecule has 100 valence electrons. The summed E-state index contributed by atoms with van der Waals surface area (Å²) in [5, 5.41) is 15.2. The number of carbonyl (C=O) groups excluding carboxylic acids is 1. The van der Waals surface area contributed by atoms with Crippen LogP contribution in [0.4, 0.5) is 11.4 Å². The number of benzene rings is 1. The van der Waals surface area contributed by atoms with Gasteiger partial charge < -0.3 is 15.5 Å². The van der Waals surface area contributed by atoms with Crippen molar-refractivity contribution in [3.05, 3.63) is 23.8 Å². The van der Waals surface area contributed by atoms with Crippen molar-refractivity contribution in [1.29, 1.82) is 5.26 Å². The zero-order valence-corrected chi connectivity index (χ0v) is 11.4. The van der Waals surface area contributed by atoms with Crippen molar-refractivity contribution in [3.63, 3.8) is 0 Å². The Morgan fingerprint density at radius 2 is 2.26 bits per heavy atom. The Hall–Kier alpha value is -2.06. The van der Waals surface area contributed by atoms with Crippen molar-refractivity contribution >= 4 is 17.3 Å². The number of amides is 1. The molecule has 19 heavy (non-hydrogen) atoms. The topological polar surface area (TPSA) is 68.2 Å². The molecule has 0 bridgehead atoms. The van der Waals surface area contributed by atoms with Gasteiger partial charge in [-0.05, 0) is 39.1 Å². The maximum atomic E-state index is 12.2. The zero-order valence-electron chi connectivity index (χ0n) is 11.4. The lowest BCUT2D eigenvalue weighted by Crippen LogP contribution is -2.56. The van der Waals surface area contributed by atoms with E-state index in [1.165, 1.54) is 0 Å². The summed E-state index contributed by atoms with van der Waals surface area (Å²) in [6.07, 6.45) is 0. The number of rotatable bonds is 3. The van der Waals surface area contributed by atoms with E-state index >= 15 is 0 Å². The third-order valence-corrected chi connectivity index (χ3v) is 3.26. The molecule has 2 rings (SSSR count). The third-order valence-electron chi connectivity index (χ3n) is 3.26. The van der Waals surface area contributed by atoms with E-state index in [0.717, 1.165) is 11.4 Å². The highest BCUT2D eigenvalue weighted by molar-refractivity contribution is 6.04. The monoisotopic (exact) mass is 258 g/mol. The molecule has 0 unspecified atom stereocenters. The van der Waals surface area contributed by atoms with Crippen molar-refractivity contribution in [3.8, 4) is 6.07 Å². The molecule has 0 aromatic heterocycles. The summed E-state index contributed by atoms with van der Waals surface area (Å²) in [6.45, 7) is 4.98. The van der Waals surface area contributed by atoms with Gasteiger partial charge in [0.1, 0.15) is 0 Å². The van der Waals surface area contributed by atoms with Gasteiger partial charge in [-0.2, -0.15) is 5.26 Å². The third kappa shape index (κ3) is 2.40. The Bertz CT molecular complexity index is 545. The number of likely N-dealkylation sites (N-methyl/N-ethyl adjacent to an activating group) is 1. The molecular formula is C14H18N4O. The fourth-order valence-corrected chi connectivity index (χ4v) is 2.50. The molecule has 1 amide bonds. The molecule has 0 aliphatic carbocycles. The predicted molar refractivity (Wildman–Crippen MR) is 75.1 cm³/mol. The predicted octanol–water partition coefficient (Wildman–Crippen LogP) is 1.31. The number of anilines is 2. The van der Waals surface area contributed by atoms with Crippen LogP contribution in [0.25, 0.3) is 0 Å². The van der Waals surface area contributed by atoms with Crippen LogP contribution in [-0.4, -0.2) is 31.6 Å². The Labute approximate surface area is 113 Å². The van der Waals surface area contributed by atoms with Crippen molar-refractivity contribution in [2.24, 2.45) is 0 Å². The molecular weight excluding hydrogens is 240 g/mol. The first-order valence-corrected chi connectivity index (χ1v) is 6.25. The van der Waals surface area contributed by atoms with Crippen LogP contribution in [0.3, 0.4) is 0 Å². The first kappa shape index (κ1) is 13.4. The quantitative estimate of drug-likeness (QED) is 0.858. The van der Waals surface area contributed by atoms with E-state index in [4.69, 9.17) is 5.26 Å². The second-order valence-corrected chi connectivity index (χ2v) is 5.27. The Balaban J connectivity index is 2.51. The number of hydrogen-bond donors (Lipinski definition) is 2. The molecule has 2 N–H and O–H groups in total. The molecule has 1 heterocycles. The number of nitrogens with one attached hydrogen (secondary N) is 2. The van der Waals surface area contributed by atoms with Gasteiger partial charge in [-0.15, -0.1) is 0 Å². The maximum Gasteiger partial charge on any atom is 0.246 e. The van der Waals surface area contributed by atoms with E-state index in [-0.39, 0.29) is 18.0 Å². The van der Waals surface area contributed by atoms with Crippen molar-refractivity contribution in [2.45, 2.75) is 19.4 Å². The van der Waals surface area contributed by atoms with Gasteiger partial charge in [0.15, 0.2) is 0 Å². The van der Waals surface area contributed by atoms with E-state index in [9.17, 15) is 4.79 Å². The molecule has 0 radical (unpaired) electrons. The molecule has 5 nitrogen and oxygen atoms in total. The summed E-state index contributed by atoms with van der Waals surface area (Å²) in [6, 6.07) is 7.48. The molecule has 1 aliphatic rings. The molecule has 0 saturated heterocycles. The van der Waals surface area contributed by atoms with E-state index < -0.39 is 0 Å². The number of nitrogens with zero attached hydrogens (tertiary/aromatic N) is 2. The number of carbonyl (C=O) groups is 1. The number of nitriles is 1. The van der Waals surface area contributed by atoms with Gasteiger partial charge in [0.2, 0.25) is 5.91 Å². The van der Waals surface area contributed by atoms with Gasteiger partial charge in [0.25, 0.3) is 0 Å². The molecule has 0 saturated carbocycles. The van der Waals surface area contributed by atoms with Crippen LogP contribution in [0.15, 0.2) is 18.2 Å². The fourth-order valence-electron chi connectivity index (χ4n) is 2.50. The molecule has 1 aromatic carbocycles. The minimum atomic E-state index is -0.350. The highest BCUT2D eigenvalue weighted by Crippen LogP contribution is 2.35. The summed E-state index contributed by atoms with van der Waals surface area (Å²) in [5.41, 5.74) is 1.87. The second-order valence-electron chi connectivity index (χ2n) is 5.27. The lowest BCUT2D eigenvalue weighted by molar-refractivity contribution is -0.118. The average molecular weight is 258 g/mol.